The van der Waals surface area contributed by atoms with Crippen molar-refractivity contribution in [1.82, 2.24) is 19.9 Å². The minimum atomic E-state index is -2.34. The van der Waals surface area contributed by atoms with E-state index in [2.05, 4.69) is 15.0 Å². The van der Waals surface area contributed by atoms with E-state index >= 15 is 13.2 Å². The van der Waals surface area contributed by atoms with Gasteiger partial charge < -0.3 is 9.64 Å². The van der Waals surface area contributed by atoms with Crippen LogP contribution in [0, 0.1) is 5.82 Å². The molecule has 0 aromatic carbocycles. The quantitative estimate of drug-likeness (QED) is 0.229. The van der Waals surface area contributed by atoms with Crippen LogP contribution in [0.3, 0.4) is 0 Å². The molecule has 34 heavy (non-hydrogen) atoms. The van der Waals surface area contributed by atoms with Crippen molar-refractivity contribution in [2.75, 3.05) is 17.2 Å². The Labute approximate surface area is 204 Å². The highest BCUT2D eigenvalue weighted by Gasteiger charge is 2.69. The van der Waals surface area contributed by atoms with Crippen LogP contribution in [-0.2, 0) is 11.2 Å². The molecule has 184 valence electrons. The molecule has 0 aliphatic carbocycles. The van der Waals surface area contributed by atoms with Gasteiger partial charge in [0.25, 0.3) is 0 Å². The number of piperazine rings is 1. The van der Waals surface area contributed by atoms with E-state index < -0.39 is 35.1 Å². The van der Waals surface area contributed by atoms with E-state index in [0.717, 1.165) is 0 Å². The Morgan fingerprint density at radius 1 is 1.26 bits per heavy atom. The van der Waals surface area contributed by atoms with E-state index in [1.165, 1.54) is 16.7 Å². The average Bonchev–Trinajstić information content (AvgIpc) is 2.83. The molecule has 7 nitrogen and oxygen atoms in total. The number of carbonyl (C=O) groups is 1. The molecule has 0 radical (unpaired) electrons. The normalized spacial score (nSPS) is 28.2. The number of alkyl halides is 2. The van der Waals surface area contributed by atoms with E-state index in [-0.39, 0.29) is 53.9 Å². The maximum atomic E-state index is 16.8. The van der Waals surface area contributed by atoms with Crippen LogP contribution in [-0.4, -0.2) is 61.5 Å². The first-order valence-corrected chi connectivity index (χ1v) is 12.6. The first kappa shape index (κ1) is 23.7. The lowest BCUT2D eigenvalue weighted by Crippen LogP contribution is -2.71. The zero-order chi connectivity index (χ0) is 24.6. The lowest BCUT2D eigenvalue weighted by Gasteiger charge is -2.52. The van der Waals surface area contributed by atoms with E-state index in [4.69, 9.17) is 16.3 Å². The number of fused-ring (bicyclic) bond motifs is 5. The summed E-state index contributed by atoms with van der Waals surface area (Å²) >= 11 is 7.34. The number of nitrogens with zero attached hydrogens (tertiary/aromatic N) is 5. The largest absolute Gasteiger partial charge is 0.444 e. The van der Waals surface area contributed by atoms with Crippen molar-refractivity contribution >= 4 is 46.2 Å². The molecule has 3 aliphatic rings. The van der Waals surface area contributed by atoms with Crippen molar-refractivity contribution in [2.45, 2.75) is 81.8 Å². The molecule has 2 aromatic rings. The third-order valence-corrected chi connectivity index (χ3v) is 7.47. The smallest absolute Gasteiger partial charge is 0.415 e. The molecule has 3 atom stereocenters. The zero-order valence-electron chi connectivity index (χ0n) is 19.3. The summed E-state index contributed by atoms with van der Waals surface area (Å²) in [6.07, 6.45) is -0.961. The SMILES string of the molecule is CCSc1nc2c3c(nc(Cl)c(F)c3n1)CC[C@@H]1N2C[C@@]2(F)CC[C@]1(F)N2C(=O)OC(C)(C)C. The molecule has 0 saturated carbocycles. The molecular weight excluding hydrogens is 491 g/mol. The summed E-state index contributed by atoms with van der Waals surface area (Å²) in [4.78, 5) is 28.3. The van der Waals surface area contributed by atoms with Crippen molar-refractivity contribution in [3.8, 4) is 0 Å². The van der Waals surface area contributed by atoms with Gasteiger partial charge in [0, 0.05) is 12.8 Å². The number of anilines is 1. The van der Waals surface area contributed by atoms with E-state index in [1.54, 1.807) is 20.8 Å². The fourth-order valence-electron chi connectivity index (χ4n) is 5.25. The fraction of sp³-hybridized carbons (Fsp3) is 0.636. The van der Waals surface area contributed by atoms with Crippen LogP contribution in [0.5, 0.6) is 0 Å². The lowest BCUT2D eigenvalue weighted by molar-refractivity contribution is -0.133. The van der Waals surface area contributed by atoms with Crippen LogP contribution >= 0.6 is 23.4 Å². The van der Waals surface area contributed by atoms with Crippen LogP contribution < -0.4 is 4.90 Å². The van der Waals surface area contributed by atoms with Gasteiger partial charge >= 0.3 is 6.09 Å². The molecule has 0 unspecified atom stereocenters. The highest BCUT2D eigenvalue weighted by molar-refractivity contribution is 7.99. The predicted octanol–water partition coefficient (Wildman–Crippen LogP) is 5.43. The van der Waals surface area contributed by atoms with Crippen LogP contribution in [0.25, 0.3) is 10.9 Å². The van der Waals surface area contributed by atoms with Crippen molar-refractivity contribution in [3.05, 3.63) is 16.7 Å². The van der Waals surface area contributed by atoms with E-state index in [9.17, 15) is 4.79 Å². The van der Waals surface area contributed by atoms with Gasteiger partial charge in [-0.25, -0.2) is 37.8 Å². The van der Waals surface area contributed by atoms with Crippen molar-refractivity contribution in [3.63, 3.8) is 0 Å². The van der Waals surface area contributed by atoms with Gasteiger partial charge in [-0.1, -0.05) is 30.3 Å². The molecular formula is C22H25ClF3N5O2S. The molecule has 3 aliphatic heterocycles. The van der Waals surface area contributed by atoms with Gasteiger partial charge in [0.05, 0.1) is 23.7 Å². The zero-order valence-corrected chi connectivity index (χ0v) is 20.9. The Bertz CT molecular complexity index is 1200. The Balaban J connectivity index is 1.68. The number of halogens is 4. The van der Waals surface area contributed by atoms with Gasteiger partial charge in [-0.15, -0.1) is 0 Å². The molecule has 2 saturated heterocycles. The number of aromatic nitrogens is 3. The number of amides is 1. The standard InChI is InChI=1S/C22H25ClF3N5O2S/c1-5-34-18-28-15-13-11(27-16(23)14(15)24)6-7-12-22(26)9-8-21(25,10-30(12)17(13)29-18)31(22)19(32)33-20(2,3)4/h12H,5-10H2,1-4H3/t12-,21+,22-/m0/s1. The number of rotatable bonds is 2. The third-order valence-electron chi connectivity index (χ3n) is 6.49. The van der Waals surface area contributed by atoms with Gasteiger partial charge in [0.1, 0.15) is 16.9 Å². The topological polar surface area (TPSA) is 71.5 Å². The molecule has 2 aromatic heterocycles. The first-order valence-electron chi connectivity index (χ1n) is 11.2. The third kappa shape index (κ3) is 3.49. The Morgan fingerprint density at radius 2 is 2.00 bits per heavy atom. The van der Waals surface area contributed by atoms with Crippen molar-refractivity contribution in [2.24, 2.45) is 0 Å². The van der Waals surface area contributed by atoms with Crippen molar-refractivity contribution < 1.29 is 22.7 Å². The number of hydrogen-bond donors (Lipinski definition) is 0. The molecule has 5 rings (SSSR count). The van der Waals surface area contributed by atoms with Crippen LogP contribution in [0.4, 0.5) is 23.8 Å². The molecule has 0 N–H and O–H groups in total. The second-order valence-corrected chi connectivity index (χ2v) is 11.5. The number of thioether (sulfide) groups is 1. The fourth-order valence-corrected chi connectivity index (χ4v) is 6.01. The number of aryl methyl sites for hydroxylation is 1. The molecule has 5 heterocycles. The maximum Gasteiger partial charge on any atom is 0.415 e. The van der Waals surface area contributed by atoms with Gasteiger partial charge in [-0.2, -0.15) is 0 Å². The summed E-state index contributed by atoms with van der Waals surface area (Å²) in [6, 6.07) is -0.931. The summed E-state index contributed by atoms with van der Waals surface area (Å²) in [6.45, 7) is 6.52. The second-order valence-electron chi connectivity index (χ2n) is 9.88. The van der Waals surface area contributed by atoms with E-state index in [1.807, 2.05) is 6.92 Å². The summed E-state index contributed by atoms with van der Waals surface area (Å²) < 4.78 is 53.5. The summed E-state index contributed by atoms with van der Waals surface area (Å²) in [5.41, 5.74) is -0.502. The number of ether oxygens (including phenoxy) is 1. The molecule has 2 fully saturated rings. The van der Waals surface area contributed by atoms with Crippen LogP contribution in [0.1, 0.15) is 52.7 Å². The monoisotopic (exact) mass is 515 g/mol. The van der Waals surface area contributed by atoms with Gasteiger partial charge in [0.2, 0.25) is 11.6 Å². The maximum absolute atomic E-state index is 16.8. The van der Waals surface area contributed by atoms with Crippen molar-refractivity contribution in [1.29, 1.82) is 0 Å². The lowest BCUT2D eigenvalue weighted by atomic mass is 9.95. The molecule has 1 amide bonds. The Hall–Kier alpha value is -2.01. The van der Waals surface area contributed by atoms with Gasteiger partial charge in [-0.3, -0.25) is 0 Å². The van der Waals surface area contributed by atoms with Crippen LogP contribution in [0.2, 0.25) is 5.15 Å². The summed E-state index contributed by atoms with van der Waals surface area (Å²) in [7, 11) is 0. The van der Waals surface area contributed by atoms with Crippen LogP contribution in [0.15, 0.2) is 5.16 Å². The highest BCUT2D eigenvalue weighted by atomic mass is 35.5. The van der Waals surface area contributed by atoms with Gasteiger partial charge in [0.15, 0.2) is 16.1 Å². The number of pyridine rings is 1. The summed E-state index contributed by atoms with van der Waals surface area (Å²) in [5.74, 6) is -4.60. The molecule has 12 heteroatoms. The van der Waals surface area contributed by atoms with Gasteiger partial charge in [-0.05, 0) is 39.4 Å². The Kier molecular flexibility index (Phi) is 5.40. The second kappa shape index (κ2) is 7.74. The first-order chi connectivity index (χ1) is 15.9. The van der Waals surface area contributed by atoms with E-state index in [0.29, 0.717) is 21.7 Å². The molecule has 2 bridgehead atoms. The summed E-state index contributed by atoms with van der Waals surface area (Å²) in [5, 5.41) is 0.260. The molecule has 0 spiro atoms. The number of carbonyl (C=O) groups excluding carboxylic acids is 1. The minimum absolute atomic E-state index is 0.0145. The minimum Gasteiger partial charge on any atom is -0.444 e. The number of hydrogen-bond acceptors (Lipinski definition) is 7. The average molecular weight is 516 g/mol. The predicted molar refractivity (Wildman–Crippen MR) is 123 cm³/mol. The Morgan fingerprint density at radius 3 is 2.68 bits per heavy atom. The highest BCUT2D eigenvalue weighted by Crippen LogP contribution is 2.54.